The molecule has 0 aromatic heterocycles. The maximum Gasteiger partial charge on any atom is 0.231 e. The highest BCUT2D eigenvalue weighted by Gasteiger charge is 2.36. The van der Waals surface area contributed by atoms with Crippen LogP contribution >= 0.6 is 18.5 Å². The van der Waals surface area contributed by atoms with Gasteiger partial charge in [-0.05, 0) is 34.9 Å². The monoisotopic (exact) mass is 370 g/mol. The largest absolute Gasteiger partial charge is 0.454 e. The van der Waals surface area contributed by atoms with Crippen LogP contribution in [0, 0.1) is 0 Å². The van der Waals surface area contributed by atoms with Crippen molar-refractivity contribution < 1.29 is 27.4 Å². The normalized spacial score (nSPS) is 15.0. The fourth-order valence-corrected chi connectivity index (χ4v) is 5.73. The summed E-state index contributed by atoms with van der Waals surface area (Å²) < 4.78 is 47.9. The molecule has 23 heavy (non-hydrogen) atoms. The molecule has 6 nitrogen and oxygen atoms in total. The lowest BCUT2D eigenvalue weighted by atomic mass is 10.3. The van der Waals surface area contributed by atoms with E-state index in [1.165, 1.54) is 0 Å². The topological polar surface area (TPSA) is 71.1 Å². The number of benzene rings is 2. The highest BCUT2D eigenvalue weighted by molar-refractivity contribution is 7.92. The molecule has 0 saturated heterocycles. The molecule has 0 N–H and O–H groups in total. The molecule has 2 heterocycles. The summed E-state index contributed by atoms with van der Waals surface area (Å²) in [5.41, 5.74) is 0. The third-order valence-electron chi connectivity index (χ3n) is 3.59. The lowest BCUT2D eigenvalue weighted by molar-refractivity contribution is 0.172. The summed E-state index contributed by atoms with van der Waals surface area (Å²) in [6.07, 6.45) is 0. The van der Waals surface area contributed by atoms with Crippen LogP contribution in [0.15, 0.2) is 34.1 Å². The average molecular weight is 370 g/mol. The van der Waals surface area contributed by atoms with Gasteiger partial charge in [0, 0.05) is 0 Å². The van der Waals surface area contributed by atoms with Gasteiger partial charge in [0.15, 0.2) is 23.0 Å². The van der Waals surface area contributed by atoms with E-state index >= 15 is 0 Å². The van der Waals surface area contributed by atoms with E-state index in [4.69, 9.17) is 18.9 Å². The van der Waals surface area contributed by atoms with Crippen LogP contribution in [-0.2, 0) is 9.84 Å². The van der Waals surface area contributed by atoms with Crippen LogP contribution in [0.5, 0.6) is 23.0 Å². The molecule has 2 aromatic rings. The first-order chi connectivity index (χ1) is 11.0. The molecule has 0 aliphatic carbocycles. The van der Waals surface area contributed by atoms with Gasteiger partial charge in [-0.1, -0.05) is 0 Å². The molecule has 2 unspecified atom stereocenters. The standard InChI is InChI=1S/C14H12O6P2S/c15-23(16,13-9(21)3-1-7-11(13)19-5-17-7)14-10(22)4-2-8-12(14)20-6-18-8/h1-4H,5-6,21-22H2. The minimum Gasteiger partial charge on any atom is -0.454 e. The Balaban J connectivity index is 2.02. The first-order valence-electron chi connectivity index (χ1n) is 6.61. The molecule has 2 atom stereocenters. The van der Waals surface area contributed by atoms with Crippen LogP contribution in [0.25, 0.3) is 0 Å². The first kappa shape index (κ1) is 15.0. The molecule has 0 saturated carbocycles. The number of rotatable bonds is 2. The van der Waals surface area contributed by atoms with Gasteiger partial charge in [-0.3, -0.25) is 0 Å². The Morgan fingerprint density at radius 2 is 1.17 bits per heavy atom. The van der Waals surface area contributed by atoms with E-state index < -0.39 is 9.84 Å². The molecule has 0 spiro atoms. The smallest absolute Gasteiger partial charge is 0.231 e. The van der Waals surface area contributed by atoms with Gasteiger partial charge in [-0.15, -0.1) is 18.5 Å². The van der Waals surface area contributed by atoms with Crippen LogP contribution in [0.3, 0.4) is 0 Å². The number of hydrogen-bond acceptors (Lipinski definition) is 6. The van der Waals surface area contributed by atoms with Gasteiger partial charge >= 0.3 is 0 Å². The molecule has 0 amide bonds. The Bertz CT molecular complexity index is 856. The van der Waals surface area contributed by atoms with Crippen molar-refractivity contribution >= 4 is 38.9 Å². The van der Waals surface area contributed by atoms with Crippen molar-refractivity contribution in [3.8, 4) is 23.0 Å². The van der Waals surface area contributed by atoms with E-state index in [9.17, 15) is 8.42 Å². The molecule has 0 bridgehead atoms. The van der Waals surface area contributed by atoms with Gasteiger partial charge in [-0.2, -0.15) is 0 Å². The summed E-state index contributed by atoms with van der Waals surface area (Å²) in [5.74, 6) is 1.26. The minimum absolute atomic E-state index is 0.00772. The minimum atomic E-state index is -3.90. The molecule has 2 aromatic carbocycles. The Morgan fingerprint density at radius 1 is 0.739 bits per heavy atom. The van der Waals surface area contributed by atoms with E-state index in [2.05, 4.69) is 18.5 Å². The molecule has 2 aliphatic rings. The number of ether oxygens (including phenoxy) is 4. The molecule has 2 aliphatic heterocycles. The maximum atomic E-state index is 13.3. The third-order valence-corrected chi connectivity index (χ3v) is 6.88. The van der Waals surface area contributed by atoms with Crippen molar-refractivity contribution in [2.75, 3.05) is 13.6 Å². The van der Waals surface area contributed by atoms with E-state index in [0.29, 0.717) is 22.1 Å². The van der Waals surface area contributed by atoms with E-state index in [1.807, 2.05) is 0 Å². The van der Waals surface area contributed by atoms with Crippen molar-refractivity contribution in [1.82, 2.24) is 0 Å². The van der Waals surface area contributed by atoms with E-state index in [1.54, 1.807) is 24.3 Å². The highest BCUT2D eigenvalue weighted by Crippen LogP contribution is 2.44. The average Bonchev–Trinajstić information content (AvgIpc) is 3.14. The highest BCUT2D eigenvalue weighted by atomic mass is 32.2. The summed E-state index contributed by atoms with van der Waals surface area (Å²) in [7, 11) is 0.937. The second-order valence-electron chi connectivity index (χ2n) is 4.94. The fourth-order valence-electron chi connectivity index (χ4n) is 2.58. The number of fused-ring (bicyclic) bond motifs is 2. The van der Waals surface area contributed by atoms with Crippen LogP contribution < -0.4 is 29.6 Å². The van der Waals surface area contributed by atoms with Gasteiger partial charge in [-0.25, -0.2) is 8.42 Å². The lowest BCUT2D eigenvalue weighted by Crippen LogP contribution is -2.17. The van der Waals surface area contributed by atoms with Crippen LogP contribution in [0.4, 0.5) is 0 Å². The van der Waals surface area contributed by atoms with Gasteiger partial charge in [0.2, 0.25) is 23.4 Å². The Morgan fingerprint density at radius 3 is 1.61 bits per heavy atom. The van der Waals surface area contributed by atoms with E-state index in [0.717, 1.165) is 0 Å². The second kappa shape index (κ2) is 5.23. The summed E-state index contributed by atoms with van der Waals surface area (Å²) >= 11 is 0. The van der Waals surface area contributed by atoms with Crippen molar-refractivity contribution in [2.45, 2.75) is 9.79 Å². The molecule has 0 fully saturated rings. The Hall–Kier alpha value is -1.55. The molecular weight excluding hydrogens is 358 g/mol. The van der Waals surface area contributed by atoms with Gasteiger partial charge < -0.3 is 18.9 Å². The van der Waals surface area contributed by atoms with Crippen LogP contribution in [-0.4, -0.2) is 22.0 Å². The Labute approximate surface area is 137 Å². The fraction of sp³-hybridized carbons (Fsp3) is 0.143. The summed E-state index contributed by atoms with van der Waals surface area (Å²) in [5, 5.41) is 0.991. The molecule has 120 valence electrons. The third kappa shape index (κ3) is 2.18. The molecular formula is C14H12O6P2S. The van der Waals surface area contributed by atoms with Crippen LogP contribution in [0.1, 0.15) is 0 Å². The predicted octanol–water partition coefficient (Wildman–Crippen LogP) is 0.978. The quantitative estimate of drug-likeness (QED) is 0.734. The van der Waals surface area contributed by atoms with Gasteiger partial charge in [0.25, 0.3) is 0 Å². The zero-order valence-electron chi connectivity index (χ0n) is 11.7. The molecule has 9 heteroatoms. The number of sulfone groups is 1. The Kier molecular flexibility index (Phi) is 3.41. The zero-order valence-corrected chi connectivity index (χ0v) is 14.9. The lowest BCUT2D eigenvalue weighted by Gasteiger charge is -2.14. The SMILES string of the molecule is O=S(=O)(c1c(P)ccc2c1OCO2)c1c(P)ccc2c1OCO2. The summed E-state index contributed by atoms with van der Waals surface area (Å²) in [6.45, 7) is -0.0154. The molecule has 0 radical (unpaired) electrons. The van der Waals surface area contributed by atoms with Crippen LogP contribution in [0.2, 0.25) is 0 Å². The summed E-state index contributed by atoms with van der Waals surface area (Å²) in [6, 6.07) is 6.68. The predicted molar refractivity (Wildman–Crippen MR) is 89.3 cm³/mol. The van der Waals surface area contributed by atoms with Crippen molar-refractivity contribution in [1.29, 1.82) is 0 Å². The van der Waals surface area contributed by atoms with Gasteiger partial charge in [0.1, 0.15) is 9.79 Å². The first-order valence-corrected chi connectivity index (χ1v) is 9.25. The maximum absolute atomic E-state index is 13.3. The van der Waals surface area contributed by atoms with Crippen molar-refractivity contribution in [3.63, 3.8) is 0 Å². The second-order valence-corrected chi connectivity index (χ2v) is 8.01. The summed E-state index contributed by atoms with van der Waals surface area (Å²) in [4.78, 5) is 0.121. The van der Waals surface area contributed by atoms with Gasteiger partial charge in [0.05, 0.1) is 0 Å². The molecule has 4 rings (SSSR count). The van der Waals surface area contributed by atoms with E-state index in [-0.39, 0.29) is 34.9 Å². The zero-order chi connectivity index (χ0) is 16.2. The number of hydrogen-bond donors (Lipinski definition) is 0. The van der Waals surface area contributed by atoms with Crippen molar-refractivity contribution in [3.05, 3.63) is 24.3 Å². The van der Waals surface area contributed by atoms with Crippen molar-refractivity contribution in [2.24, 2.45) is 0 Å².